The van der Waals surface area contributed by atoms with Gasteiger partial charge in [-0.1, -0.05) is 6.07 Å². The van der Waals surface area contributed by atoms with E-state index in [9.17, 15) is 31.2 Å². The van der Waals surface area contributed by atoms with E-state index < -0.39 is 39.7 Å². The van der Waals surface area contributed by atoms with E-state index in [2.05, 4.69) is 5.32 Å². The van der Waals surface area contributed by atoms with Crippen LogP contribution in [0.25, 0.3) is 0 Å². The lowest BCUT2D eigenvalue weighted by Gasteiger charge is -2.21. The third-order valence-electron chi connectivity index (χ3n) is 4.61. The van der Waals surface area contributed by atoms with E-state index in [0.29, 0.717) is 0 Å². The SMILES string of the molecule is CC(OC(=O)c1cccc(S(=O)(=O)N(C)C(C)C)c1)C(=O)Nc1ccc(C(F)(F)F)cc1. The Kier molecular flexibility index (Phi) is 7.68. The number of carbonyl (C=O) groups excluding carboxylic acids is 2. The number of hydrogen-bond acceptors (Lipinski definition) is 5. The van der Waals surface area contributed by atoms with Crippen molar-refractivity contribution in [1.82, 2.24) is 4.31 Å². The highest BCUT2D eigenvalue weighted by molar-refractivity contribution is 7.89. The molecule has 0 bridgehead atoms. The zero-order valence-corrected chi connectivity index (χ0v) is 18.6. The molecule has 0 saturated heterocycles. The van der Waals surface area contributed by atoms with E-state index in [0.717, 1.165) is 34.6 Å². The van der Waals surface area contributed by atoms with Gasteiger partial charge in [0.15, 0.2) is 6.10 Å². The summed E-state index contributed by atoms with van der Waals surface area (Å²) >= 11 is 0. The fourth-order valence-corrected chi connectivity index (χ4v) is 3.91. The topological polar surface area (TPSA) is 92.8 Å². The van der Waals surface area contributed by atoms with Crippen LogP contribution in [0.1, 0.15) is 36.7 Å². The van der Waals surface area contributed by atoms with E-state index in [4.69, 9.17) is 4.74 Å². The molecule has 2 aromatic carbocycles. The van der Waals surface area contributed by atoms with Gasteiger partial charge < -0.3 is 10.1 Å². The van der Waals surface area contributed by atoms with Gasteiger partial charge in [-0.3, -0.25) is 4.79 Å². The molecule has 0 aliphatic heterocycles. The van der Waals surface area contributed by atoms with Crippen molar-refractivity contribution in [2.45, 2.75) is 44.0 Å². The van der Waals surface area contributed by atoms with Crippen molar-refractivity contribution in [2.75, 3.05) is 12.4 Å². The average molecular weight is 472 g/mol. The summed E-state index contributed by atoms with van der Waals surface area (Å²) in [5.41, 5.74) is -0.846. The molecule has 0 aliphatic rings. The molecule has 0 radical (unpaired) electrons. The van der Waals surface area contributed by atoms with Gasteiger partial charge in [-0.2, -0.15) is 17.5 Å². The number of carbonyl (C=O) groups is 2. The normalized spacial score (nSPS) is 13.2. The van der Waals surface area contributed by atoms with Crippen molar-refractivity contribution in [2.24, 2.45) is 0 Å². The first kappa shape index (κ1) is 25.3. The number of nitrogens with one attached hydrogen (secondary N) is 1. The Morgan fingerprint density at radius 3 is 2.16 bits per heavy atom. The lowest BCUT2D eigenvalue weighted by atomic mass is 10.2. The summed E-state index contributed by atoms with van der Waals surface area (Å²) in [6.07, 6.45) is -5.79. The lowest BCUT2D eigenvalue weighted by molar-refractivity contribution is -0.137. The Balaban J connectivity index is 2.08. The molecule has 1 atom stereocenters. The summed E-state index contributed by atoms with van der Waals surface area (Å²) in [4.78, 5) is 24.5. The quantitative estimate of drug-likeness (QED) is 0.617. The number of esters is 1. The minimum absolute atomic E-state index is 0.0718. The predicted molar refractivity (Wildman–Crippen MR) is 111 cm³/mol. The minimum atomic E-state index is -4.50. The zero-order chi connectivity index (χ0) is 24.3. The molecule has 1 amide bonds. The maximum absolute atomic E-state index is 12.6. The average Bonchev–Trinajstić information content (AvgIpc) is 2.72. The van der Waals surface area contributed by atoms with Crippen molar-refractivity contribution < 1.29 is 35.9 Å². The van der Waals surface area contributed by atoms with Crippen LogP contribution in [0, 0.1) is 0 Å². The van der Waals surface area contributed by atoms with Crippen molar-refractivity contribution in [3.63, 3.8) is 0 Å². The van der Waals surface area contributed by atoms with Gasteiger partial charge in [-0.05, 0) is 63.2 Å². The summed E-state index contributed by atoms with van der Waals surface area (Å²) in [5.74, 6) is -1.69. The summed E-state index contributed by atoms with van der Waals surface area (Å²) in [6, 6.07) is 8.69. The van der Waals surface area contributed by atoms with Gasteiger partial charge in [0.05, 0.1) is 16.0 Å². The molecule has 0 saturated carbocycles. The molecule has 11 heteroatoms. The Morgan fingerprint density at radius 2 is 1.62 bits per heavy atom. The third-order valence-corrected chi connectivity index (χ3v) is 6.64. The molecule has 32 heavy (non-hydrogen) atoms. The predicted octanol–water partition coefficient (Wildman–Crippen LogP) is 3.92. The molecular weight excluding hydrogens is 449 g/mol. The highest BCUT2D eigenvalue weighted by Gasteiger charge is 2.30. The van der Waals surface area contributed by atoms with Gasteiger partial charge in [-0.15, -0.1) is 0 Å². The highest BCUT2D eigenvalue weighted by atomic mass is 32.2. The van der Waals surface area contributed by atoms with Crippen LogP contribution in [0.5, 0.6) is 0 Å². The van der Waals surface area contributed by atoms with Crippen molar-refractivity contribution >= 4 is 27.6 Å². The maximum Gasteiger partial charge on any atom is 0.416 e. The fraction of sp³-hybridized carbons (Fsp3) is 0.333. The number of rotatable bonds is 7. The number of benzene rings is 2. The van der Waals surface area contributed by atoms with Crippen LogP contribution in [0.2, 0.25) is 0 Å². The molecule has 1 N–H and O–H groups in total. The number of alkyl halides is 3. The Morgan fingerprint density at radius 1 is 1.03 bits per heavy atom. The van der Waals surface area contributed by atoms with Gasteiger partial charge in [-0.25, -0.2) is 13.2 Å². The number of halogens is 3. The number of nitrogens with zero attached hydrogens (tertiary/aromatic N) is 1. The van der Waals surface area contributed by atoms with E-state index in [1.807, 2.05) is 0 Å². The molecule has 0 heterocycles. The van der Waals surface area contributed by atoms with Crippen LogP contribution >= 0.6 is 0 Å². The Hall–Kier alpha value is -2.92. The highest BCUT2D eigenvalue weighted by Crippen LogP contribution is 2.29. The molecule has 1 unspecified atom stereocenters. The maximum atomic E-state index is 12.6. The van der Waals surface area contributed by atoms with Crippen LogP contribution < -0.4 is 5.32 Å². The van der Waals surface area contributed by atoms with Gasteiger partial charge in [0.1, 0.15) is 0 Å². The number of hydrogen-bond donors (Lipinski definition) is 1. The summed E-state index contributed by atoms with van der Waals surface area (Å²) in [6.45, 7) is 4.68. The Bertz CT molecular complexity index is 1080. The second-order valence-electron chi connectivity index (χ2n) is 7.25. The molecule has 0 aliphatic carbocycles. The van der Waals surface area contributed by atoms with Crippen LogP contribution in [0.15, 0.2) is 53.4 Å². The summed E-state index contributed by atoms with van der Waals surface area (Å²) < 4.78 is 69.3. The van der Waals surface area contributed by atoms with E-state index in [-0.39, 0.29) is 22.2 Å². The molecule has 2 aromatic rings. The molecule has 7 nitrogen and oxygen atoms in total. The smallest absolute Gasteiger partial charge is 0.416 e. The van der Waals surface area contributed by atoms with Crippen molar-refractivity contribution in [3.8, 4) is 0 Å². The van der Waals surface area contributed by atoms with Gasteiger partial charge in [0, 0.05) is 18.8 Å². The van der Waals surface area contributed by atoms with Crippen LogP contribution in [-0.4, -0.2) is 43.8 Å². The second kappa shape index (κ2) is 9.70. The monoisotopic (exact) mass is 472 g/mol. The van der Waals surface area contributed by atoms with Crippen LogP contribution in [0.3, 0.4) is 0 Å². The second-order valence-corrected chi connectivity index (χ2v) is 9.25. The van der Waals surface area contributed by atoms with E-state index in [1.54, 1.807) is 13.8 Å². The van der Waals surface area contributed by atoms with Crippen molar-refractivity contribution in [1.29, 1.82) is 0 Å². The molecule has 0 spiro atoms. The summed E-state index contributed by atoms with van der Waals surface area (Å²) in [5, 5.41) is 2.35. The minimum Gasteiger partial charge on any atom is -0.449 e. The first-order chi connectivity index (χ1) is 14.7. The Labute approximate surface area is 184 Å². The van der Waals surface area contributed by atoms with Crippen molar-refractivity contribution in [3.05, 3.63) is 59.7 Å². The van der Waals surface area contributed by atoms with E-state index in [1.165, 1.54) is 32.2 Å². The third kappa shape index (κ3) is 6.07. The standard InChI is InChI=1S/C21H23F3N2O5S/c1-13(2)26(4)32(29,30)18-7-5-6-15(12-18)20(28)31-14(3)19(27)25-17-10-8-16(9-11-17)21(22,23)24/h5-14H,1-4H3,(H,25,27). The first-order valence-corrected chi connectivity index (χ1v) is 10.9. The molecule has 0 aromatic heterocycles. The number of ether oxygens (including phenoxy) is 1. The zero-order valence-electron chi connectivity index (χ0n) is 17.8. The van der Waals surface area contributed by atoms with E-state index >= 15 is 0 Å². The van der Waals surface area contributed by atoms with Crippen LogP contribution in [0.4, 0.5) is 18.9 Å². The first-order valence-electron chi connectivity index (χ1n) is 9.50. The molecule has 2 rings (SSSR count). The molecule has 0 fully saturated rings. The van der Waals surface area contributed by atoms with Crippen LogP contribution in [-0.2, 0) is 25.7 Å². The molecular formula is C21H23F3N2O5S. The number of anilines is 1. The fourth-order valence-electron chi connectivity index (χ4n) is 2.50. The number of sulfonamides is 1. The largest absolute Gasteiger partial charge is 0.449 e. The number of amides is 1. The summed E-state index contributed by atoms with van der Waals surface area (Å²) in [7, 11) is -2.41. The molecule has 174 valence electrons. The van der Waals surface area contributed by atoms with Gasteiger partial charge in [0.2, 0.25) is 10.0 Å². The van der Waals surface area contributed by atoms with Gasteiger partial charge >= 0.3 is 12.1 Å². The van der Waals surface area contributed by atoms with Gasteiger partial charge in [0.25, 0.3) is 5.91 Å². The lowest BCUT2D eigenvalue weighted by Crippen LogP contribution is -2.33.